The second kappa shape index (κ2) is 4.03. The quantitative estimate of drug-likeness (QED) is 0.791. The maximum absolute atomic E-state index is 11.9. The molecule has 3 heteroatoms. The molecule has 3 nitrogen and oxygen atoms in total. The summed E-state index contributed by atoms with van der Waals surface area (Å²) >= 11 is 0. The minimum Gasteiger partial charge on any atom is -0.300 e. The van der Waals surface area contributed by atoms with Crippen molar-refractivity contribution in [1.29, 1.82) is 0 Å². The molecule has 0 unspecified atom stereocenters. The summed E-state index contributed by atoms with van der Waals surface area (Å²) in [7, 11) is 0. The molecule has 1 aromatic rings. The molecule has 1 aromatic heterocycles. The van der Waals surface area contributed by atoms with Gasteiger partial charge in [0.05, 0.1) is 0 Å². The van der Waals surface area contributed by atoms with Crippen molar-refractivity contribution < 1.29 is 0 Å². The molecule has 0 fully saturated rings. The van der Waals surface area contributed by atoms with Crippen LogP contribution in [0.3, 0.4) is 0 Å². The van der Waals surface area contributed by atoms with E-state index in [1.165, 1.54) is 0 Å². The Kier molecular flexibility index (Phi) is 3.19. The van der Waals surface area contributed by atoms with Crippen LogP contribution in [0.4, 0.5) is 0 Å². The summed E-state index contributed by atoms with van der Waals surface area (Å²) in [6, 6.07) is 0. The summed E-state index contributed by atoms with van der Waals surface area (Å²) in [5.74, 6) is 0.790. The predicted octanol–water partition coefficient (Wildman–Crippen LogP) is 2.26. The Hall–Kier alpha value is -0.990. The van der Waals surface area contributed by atoms with Crippen LogP contribution in [0.25, 0.3) is 0 Å². The zero-order valence-electron chi connectivity index (χ0n) is 9.72. The van der Waals surface area contributed by atoms with Gasteiger partial charge >= 0.3 is 0 Å². The molecular weight excluding hydrogens is 176 g/mol. The van der Waals surface area contributed by atoms with Crippen LogP contribution in [0, 0.1) is 12.8 Å². The average molecular weight is 196 g/mol. The third kappa shape index (κ3) is 2.08. The Morgan fingerprint density at radius 2 is 1.86 bits per heavy atom. The fourth-order valence-corrected chi connectivity index (χ4v) is 1.79. The highest BCUT2D eigenvalue weighted by atomic mass is 16.1. The van der Waals surface area contributed by atoms with E-state index in [2.05, 4.69) is 32.8 Å². The second-order valence-electron chi connectivity index (χ2n) is 4.61. The molecule has 0 saturated heterocycles. The first-order chi connectivity index (χ1) is 6.43. The lowest BCUT2D eigenvalue weighted by atomic mass is 10.1. The zero-order valence-corrected chi connectivity index (χ0v) is 9.72. The van der Waals surface area contributed by atoms with E-state index in [0.29, 0.717) is 11.8 Å². The molecule has 14 heavy (non-hydrogen) atoms. The van der Waals surface area contributed by atoms with Gasteiger partial charge in [-0.05, 0) is 18.8 Å². The lowest BCUT2D eigenvalue weighted by Gasteiger charge is -2.04. The van der Waals surface area contributed by atoms with Gasteiger partial charge in [-0.25, -0.2) is 0 Å². The van der Waals surface area contributed by atoms with Crippen molar-refractivity contribution in [3.05, 3.63) is 21.6 Å². The van der Waals surface area contributed by atoms with Crippen LogP contribution in [0.5, 0.6) is 0 Å². The SMILES string of the molecule is Cc1[nH]n(CC(C)C)c(=O)c1C(C)C. The van der Waals surface area contributed by atoms with Gasteiger partial charge in [0.25, 0.3) is 5.56 Å². The van der Waals surface area contributed by atoms with Gasteiger partial charge in [0, 0.05) is 17.8 Å². The topological polar surface area (TPSA) is 37.8 Å². The van der Waals surface area contributed by atoms with Crippen molar-refractivity contribution in [2.45, 2.75) is 47.1 Å². The highest BCUT2D eigenvalue weighted by Gasteiger charge is 2.14. The maximum atomic E-state index is 11.9. The van der Waals surface area contributed by atoms with Crippen LogP contribution in [0.15, 0.2) is 4.79 Å². The lowest BCUT2D eigenvalue weighted by molar-refractivity contribution is 0.470. The van der Waals surface area contributed by atoms with Crippen LogP contribution < -0.4 is 5.56 Å². The second-order valence-corrected chi connectivity index (χ2v) is 4.61. The summed E-state index contributed by atoms with van der Waals surface area (Å²) in [5, 5.41) is 3.13. The first kappa shape index (κ1) is 11.1. The van der Waals surface area contributed by atoms with Crippen molar-refractivity contribution >= 4 is 0 Å². The molecule has 0 amide bonds. The van der Waals surface area contributed by atoms with Gasteiger partial charge in [-0.2, -0.15) is 0 Å². The molecule has 0 spiro atoms. The number of hydrogen-bond donors (Lipinski definition) is 1. The fourth-order valence-electron chi connectivity index (χ4n) is 1.79. The molecule has 0 aromatic carbocycles. The fraction of sp³-hybridized carbons (Fsp3) is 0.727. The monoisotopic (exact) mass is 196 g/mol. The van der Waals surface area contributed by atoms with Gasteiger partial charge in [-0.15, -0.1) is 0 Å². The number of rotatable bonds is 3. The Balaban J connectivity index is 3.11. The molecule has 0 bridgehead atoms. The summed E-state index contributed by atoms with van der Waals surface area (Å²) in [6.07, 6.45) is 0. The molecule has 0 aliphatic rings. The van der Waals surface area contributed by atoms with Crippen molar-refractivity contribution in [3.63, 3.8) is 0 Å². The van der Waals surface area contributed by atoms with Gasteiger partial charge in [-0.1, -0.05) is 27.7 Å². The van der Waals surface area contributed by atoms with E-state index < -0.39 is 0 Å². The normalized spacial score (nSPS) is 11.6. The molecule has 0 saturated carbocycles. The van der Waals surface area contributed by atoms with E-state index in [9.17, 15) is 4.79 Å². The van der Waals surface area contributed by atoms with Crippen molar-refractivity contribution in [2.75, 3.05) is 0 Å². The number of hydrogen-bond acceptors (Lipinski definition) is 1. The van der Waals surface area contributed by atoms with Crippen LogP contribution in [-0.4, -0.2) is 9.78 Å². The number of H-pyrrole nitrogens is 1. The minimum absolute atomic E-state index is 0.145. The number of aromatic nitrogens is 2. The van der Waals surface area contributed by atoms with E-state index in [1.807, 2.05) is 6.92 Å². The summed E-state index contributed by atoms with van der Waals surface area (Å²) in [4.78, 5) is 11.9. The lowest BCUT2D eigenvalue weighted by Crippen LogP contribution is -2.22. The van der Waals surface area contributed by atoms with Gasteiger partial charge in [0.1, 0.15) is 0 Å². The van der Waals surface area contributed by atoms with E-state index in [-0.39, 0.29) is 5.56 Å². The minimum atomic E-state index is 0.145. The van der Waals surface area contributed by atoms with Gasteiger partial charge in [0.15, 0.2) is 0 Å². The van der Waals surface area contributed by atoms with Crippen LogP contribution >= 0.6 is 0 Å². The Bertz CT molecular complexity index is 358. The largest absolute Gasteiger partial charge is 0.300 e. The molecule has 0 aliphatic carbocycles. The summed E-state index contributed by atoms with van der Waals surface area (Å²) in [6.45, 7) is 11.1. The van der Waals surface area contributed by atoms with E-state index in [4.69, 9.17) is 0 Å². The third-order valence-corrected chi connectivity index (χ3v) is 2.31. The Labute approximate surface area is 85.1 Å². The molecule has 0 aliphatic heterocycles. The van der Waals surface area contributed by atoms with Gasteiger partial charge in [0.2, 0.25) is 0 Å². The molecular formula is C11H20N2O. The van der Waals surface area contributed by atoms with Crippen molar-refractivity contribution in [2.24, 2.45) is 5.92 Å². The number of nitrogens with one attached hydrogen (secondary N) is 1. The average Bonchev–Trinajstić information content (AvgIpc) is 2.25. The zero-order chi connectivity index (χ0) is 10.9. The summed E-state index contributed by atoms with van der Waals surface area (Å²) in [5.41, 5.74) is 2.07. The van der Waals surface area contributed by atoms with Crippen LogP contribution in [-0.2, 0) is 6.54 Å². The van der Waals surface area contributed by atoms with E-state index >= 15 is 0 Å². The summed E-state index contributed by atoms with van der Waals surface area (Å²) < 4.78 is 1.72. The molecule has 1 heterocycles. The van der Waals surface area contributed by atoms with E-state index in [0.717, 1.165) is 17.8 Å². The third-order valence-electron chi connectivity index (χ3n) is 2.31. The van der Waals surface area contributed by atoms with Crippen LogP contribution in [0.1, 0.15) is 44.9 Å². The van der Waals surface area contributed by atoms with Gasteiger partial charge < -0.3 is 0 Å². The molecule has 0 radical (unpaired) electrons. The predicted molar refractivity (Wildman–Crippen MR) is 58.7 cm³/mol. The molecule has 1 rings (SSSR count). The van der Waals surface area contributed by atoms with Crippen molar-refractivity contribution in [3.8, 4) is 0 Å². The first-order valence-corrected chi connectivity index (χ1v) is 5.22. The van der Waals surface area contributed by atoms with E-state index in [1.54, 1.807) is 4.68 Å². The Morgan fingerprint density at radius 1 is 1.29 bits per heavy atom. The highest BCUT2D eigenvalue weighted by molar-refractivity contribution is 5.19. The molecule has 80 valence electrons. The smallest absolute Gasteiger partial charge is 0.270 e. The number of aryl methyl sites for hydroxylation is 1. The molecule has 1 N–H and O–H groups in total. The maximum Gasteiger partial charge on any atom is 0.270 e. The van der Waals surface area contributed by atoms with Crippen molar-refractivity contribution in [1.82, 2.24) is 9.78 Å². The standard InChI is InChI=1S/C11H20N2O/c1-7(2)6-13-11(14)10(8(3)4)9(5)12-13/h7-8,12H,6H2,1-5H3. The molecule has 0 atom stereocenters. The highest BCUT2D eigenvalue weighted by Crippen LogP contribution is 2.13. The first-order valence-electron chi connectivity index (χ1n) is 5.22. The van der Waals surface area contributed by atoms with Crippen LogP contribution in [0.2, 0.25) is 0 Å². The van der Waals surface area contributed by atoms with Gasteiger partial charge in [-0.3, -0.25) is 14.6 Å². The number of aromatic amines is 1. The Morgan fingerprint density at radius 3 is 2.21 bits per heavy atom. The number of nitrogens with zero attached hydrogens (tertiary/aromatic N) is 1.